The first kappa shape index (κ1) is 36.0. The molecule has 0 heterocycles. The van der Waals surface area contributed by atoms with E-state index < -0.39 is 5.97 Å². The molecular formula is C12H21O7+. The Hall–Kier alpha value is -2.67. The topological polar surface area (TPSA) is 141 Å². The molecule has 19 heavy (non-hydrogen) atoms. The molecule has 0 aromatic carbocycles. The zero-order valence-electron chi connectivity index (χ0n) is 10.8. The number of hydrogen-bond donors (Lipinski definition) is 1. The van der Waals surface area contributed by atoms with Crippen molar-refractivity contribution in [2.24, 2.45) is 0 Å². The molecule has 0 amide bonds. The lowest BCUT2D eigenvalue weighted by molar-refractivity contribution is -0.131. The first-order chi connectivity index (χ1) is 8.51. The third kappa shape index (κ3) is 1540. The Balaban J connectivity index is -0.0000000283. The summed E-state index contributed by atoms with van der Waals surface area (Å²) in [4.78, 5) is 39.9. The third-order valence-corrected chi connectivity index (χ3v) is 0.376. The van der Waals surface area contributed by atoms with Gasteiger partial charge in [0.05, 0.1) is 0 Å². The zero-order valence-corrected chi connectivity index (χ0v) is 10.8. The second-order valence-corrected chi connectivity index (χ2v) is 1.71. The smallest absolute Gasteiger partial charge is 0.327 e. The lowest BCUT2D eigenvalue weighted by Gasteiger charge is -1.64. The minimum absolute atomic E-state index is 0. The molecule has 4 N–H and O–H groups in total. The van der Waals surface area contributed by atoms with Gasteiger partial charge in [0, 0.05) is 22.1 Å². The van der Waals surface area contributed by atoms with Crippen molar-refractivity contribution in [3.63, 3.8) is 0 Å². The van der Waals surface area contributed by atoms with Crippen LogP contribution in [0.1, 0.15) is 6.92 Å². The van der Waals surface area contributed by atoms with Gasteiger partial charge >= 0.3 is 12.3 Å². The van der Waals surface area contributed by atoms with E-state index in [4.69, 9.17) is 24.6 Å². The van der Waals surface area contributed by atoms with Gasteiger partial charge in [0.1, 0.15) is 6.29 Å². The number of carboxylic acid groups (broad SMARTS) is 1. The van der Waals surface area contributed by atoms with Gasteiger partial charge in [0.25, 0.3) is 0 Å². The molecule has 0 spiro atoms. The van der Waals surface area contributed by atoms with E-state index in [0.29, 0.717) is 6.29 Å². The summed E-state index contributed by atoms with van der Waals surface area (Å²) in [6.45, 7) is 14.5. The molecule has 0 aromatic heterocycles. The summed E-state index contributed by atoms with van der Waals surface area (Å²) in [5.41, 5.74) is 0. The van der Waals surface area contributed by atoms with Gasteiger partial charge in [-0.1, -0.05) is 25.8 Å². The summed E-state index contributed by atoms with van der Waals surface area (Å²) in [6.07, 6.45) is 6.61. The van der Waals surface area contributed by atoms with Crippen molar-refractivity contribution in [1.82, 2.24) is 0 Å². The number of hydrogen-bond acceptors (Lipinski definition) is 4. The van der Waals surface area contributed by atoms with Crippen LogP contribution in [0.2, 0.25) is 0 Å². The molecule has 0 unspecified atom stereocenters. The first-order valence-corrected chi connectivity index (χ1v) is 4.25. The minimum Gasteiger partial charge on any atom is -0.478 e. The molecule has 0 rings (SSSR count). The van der Waals surface area contributed by atoms with Crippen LogP contribution >= 0.6 is 0 Å². The van der Waals surface area contributed by atoms with Crippen LogP contribution in [0.3, 0.4) is 0 Å². The molecule has 0 aliphatic rings. The third-order valence-electron chi connectivity index (χ3n) is 0.376. The highest BCUT2D eigenvalue weighted by atomic mass is 16.7. The molecule has 0 bridgehead atoms. The maximum absolute atomic E-state index is 9.25. The van der Waals surface area contributed by atoms with Crippen LogP contribution in [0.25, 0.3) is 0 Å². The van der Waals surface area contributed by atoms with Crippen molar-refractivity contribution in [1.29, 1.82) is 0 Å². The lowest BCUT2D eigenvalue weighted by Crippen LogP contribution is -1.82. The van der Waals surface area contributed by atoms with Gasteiger partial charge in [0.2, 0.25) is 0 Å². The highest BCUT2D eigenvalue weighted by Crippen LogP contribution is 1.54. The molecule has 0 aliphatic heterocycles. The van der Waals surface area contributed by atoms with Crippen LogP contribution < -0.4 is 0 Å². The summed E-state index contributed by atoms with van der Waals surface area (Å²) < 4.78 is 0. The van der Waals surface area contributed by atoms with E-state index in [2.05, 4.69) is 26.3 Å². The SMILES string of the molecule is C=CC.C=CC(=O)O.C=CC=O.C=CC=[OH+].O.O=O. The lowest BCUT2D eigenvalue weighted by atomic mass is 10.7. The van der Waals surface area contributed by atoms with Gasteiger partial charge in [-0.3, -0.25) is 9.59 Å². The van der Waals surface area contributed by atoms with Gasteiger partial charge in [-0.15, -0.1) is 6.58 Å². The number of carboxylic acids is 1. The monoisotopic (exact) mass is 277 g/mol. The Morgan fingerprint density at radius 1 is 1.11 bits per heavy atom. The average molecular weight is 277 g/mol. The molecule has 110 valence electrons. The van der Waals surface area contributed by atoms with Crippen molar-refractivity contribution >= 4 is 18.5 Å². The summed E-state index contributed by atoms with van der Waals surface area (Å²) in [6, 6.07) is 0. The van der Waals surface area contributed by atoms with Crippen molar-refractivity contribution in [2.75, 3.05) is 0 Å². The summed E-state index contributed by atoms with van der Waals surface area (Å²) >= 11 is 0. The molecule has 0 fully saturated rings. The van der Waals surface area contributed by atoms with Gasteiger partial charge in [-0.2, -0.15) is 0 Å². The molecule has 7 nitrogen and oxygen atoms in total. The van der Waals surface area contributed by atoms with Crippen molar-refractivity contribution < 1.29 is 25.0 Å². The molecule has 0 radical (unpaired) electrons. The fourth-order valence-electron chi connectivity index (χ4n) is 0. The van der Waals surface area contributed by atoms with Crippen LogP contribution in [0.15, 0.2) is 50.6 Å². The Morgan fingerprint density at radius 3 is 1.26 bits per heavy atom. The van der Waals surface area contributed by atoms with E-state index in [0.717, 1.165) is 12.4 Å². The Bertz CT molecular complexity index is 210. The van der Waals surface area contributed by atoms with Gasteiger partial charge < -0.3 is 10.6 Å². The van der Waals surface area contributed by atoms with Gasteiger partial charge in [-0.25, -0.2) is 4.79 Å². The molecule has 7 heteroatoms. The quantitative estimate of drug-likeness (QED) is 0.359. The molecule has 0 saturated carbocycles. The van der Waals surface area contributed by atoms with Gasteiger partial charge in [0.15, 0.2) is 0 Å². The van der Waals surface area contributed by atoms with Crippen LogP contribution in [-0.2, 0) is 9.59 Å². The van der Waals surface area contributed by atoms with E-state index in [9.17, 15) is 4.79 Å². The molecular weight excluding hydrogens is 256 g/mol. The largest absolute Gasteiger partial charge is 0.478 e. The van der Waals surface area contributed by atoms with E-state index in [-0.39, 0.29) is 5.48 Å². The fraction of sp³-hybridized carbons (Fsp3) is 0.0833. The van der Waals surface area contributed by atoms with E-state index >= 15 is 0 Å². The number of aliphatic carboxylic acids is 1. The summed E-state index contributed by atoms with van der Waals surface area (Å²) in [7, 11) is 0. The van der Waals surface area contributed by atoms with Crippen LogP contribution in [0.5, 0.6) is 0 Å². The highest BCUT2D eigenvalue weighted by Gasteiger charge is 1.73. The Kier molecular flexibility index (Phi) is 149. The van der Waals surface area contributed by atoms with E-state index in [1.54, 1.807) is 6.08 Å². The maximum atomic E-state index is 9.25. The Morgan fingerprint density at radius 2 is 1.26 bits per heavy atom. The van der Waals surface area contributed by atoms with Crippen LogP contribution in [-0.4, -0.2) is 33.9 Å². The van der Waals surface area contributed by atoms with Gasteiger partial charge in [-0.05, 0) is 13.0 Å². The standard InChI is InChI=1S/C3H4O2.2C3H4O.C3H6.O2.H2O/c1-2-3(4)5;2*1-2-3-4;1-3-2;1-2;/h2H,1H2,(H,4,5);2*2-3H,1H2;3H,1H2,2H3;;1H2/p+1. The Labute approximate surface area is 112 Å². The normalized spacial score (nSPS) is 4.68. The number of carbonyl (C=O) groups excluding carboxylic acids is 2. The highest BCUT2D eigenvalue weighted by molar-refractivity contribution is 5.78. The summed E-state index contributed by atoms with van der Waals surface area (Å²) in [5.74, 6) is -0.981. The predicted molar refractivity (Wildman–Crippen MR) is 78.5 cm³/mol. The number of carbonyl (C=O) groups is 2. The second kappa shape index (κ2) is 78.6. The number of allylic oxidation sites excluding steroid dienone is 3. The fourth-order valence-corrected chi connectivity index (χ4v) is 0. The zero-order chi connectivity index (χ0) is 15.8. The second-order valence-electron chi connectivity index (χ2n) is 1.71. The van der Waals surface area contributed by atoms with Crippen molar-refractivity contribution in [3.8, 4) is 0 Å². The average Bonchev–Trinajstić information content (AvgIpc) is 2.42. The predicted octanol–water partition coefficient (Wildman–Crippen LogP) is 1.41. The number of aldehydes is 2. The minimum atomic E-state index is -0.981. The molecule has 0 atom stereocenters. The molecule has 0 saturated heterocycles. The van der Waals surface area contributed by atoms with E-state index in [1.807, 2.05) is 6.92 Å². The van der Waals surface area contributed by atoms with Crippen LogP contribution in [0.4, 0.5) is 0 Å². The number of rotatable bonds is 3. The first-order valence-electron chi connectivity index (χ1n) is 4.25. The molecule has 0 aromatic rings. The van der Waals surface area contributed by atoms with Crippen molar-refractivity contribution in [3.05, 3.63) is 60.5 Å². The molecule has 0 aliphatic carbocycles. The summed E-state index contributed by atoms with van der Waals surface area (Å²) in [5, 5.41) is 7.60. The van der Waals surface area contributed by atoms with Crippen molar-refractivity contribution in [2.45, 2.75) is 6.92 Å². The van der Waals surface area contributed by atoms with Crippen LogP contribution in [0, 0.1) is 9.93 Å². The maximum Gasteiger partial charge on any atom is 0.327 e. The van der Waals surface area contributed by atoms with E-state index in [1.165, 1.54) is 12.2 Å².